The summed E-state index contributed by atoms with van der Waals surface area (Å²) in [6, 6.07) is 35.7. The maximum Gasteiger partial charge on any atom is 0.202 e. The lowest BCUT2D eigenvalue weighted by atomic mass is 9.53. The Morgan fingerprint density at radius 3 is 1.03 bits per heavy atom. The maximum absolute atomic E-state index is 6.08. The summed E-state index contributed by atoms with van der Waals surface area (Å²) in [5, 5.41) is 0. The van der Waals surface area contributed by atoms with Crippen molar-refractivity contribution in [2.45, 2.75) is 107 Å². The molecule has 0 spiro atoms. The summed E-state index contributed by atoms with van der Waals surface area (Å²) in [7, 11) is 0. The first kappa shape index (κ1) is 39.1. The largest absolute Gasteiger partial charge is 0.491 e. The fourth-order valence-corrected chi connectivity index (χ4v) is 10.5. The zero-order valence-corrected chi connectivity index (χ0v) is 34.8. The predicted octanol–water partition coefficient (Wildman–Crippen LogP) is 9.82. The topological polar surface area (TPSA) is 83.7 Å². The van der Waals surface area contributed by atoms with Crippen LogP contribution in [0.5, 0.6) is 23.0 Å². The summed E-state index contributed by atoms with van der Waals surface area (Å²) in [6.07, 6.45) is 10.8. The smallest absolute Gasteiger partial charge is 0.202 e. The number of benzene rings is 4. The van der Waals surface area contributed by atoms with Crippen LogP contribution in [-0.2, 0) is 29.8 Å². The molecule has 6 aliphatic rings. The number of epoxide rings is 3. The Labute approximate surface area is 349 Å². The van der Waals surface area contributed by atoms with Crippen molar-refractivity contribution in [2.24, 2.45) is 17.3 Å². The van der Waals surface area contributed by atoms with Gasteiger partial charge in [-0.1, -0.05) is 62.4 Å². The van der Waals surface area contributed by atoms with Crippen LogP contribution in [0.25, 0.3) is 0 Å². The molecule has 0 amide bonds. The molecule has 0 bridgehead atoms. The van der Waals surface area contributed by atoms with E-state index in [1.165, 1.54) is 47.9 Å². The van der Waals surface area contributed by atoms with E-state index in [9.17, 15) is 0 Å². The van der Waals surface area contributed by atoms with Crippen LogP contribution < -0.4 is 18.9 Å². The fourth-order valence-electron chi connectivity index (χ4n) is 10.5. The second-order valence-electron chi connectivity index (χ2n) is 18.6. The number of hydrogen-bond acceptors (Lipinski definition) is 8. The molecule has 4 aromatic carbocycles. The van der Waals surface area contributed by atoms with Crippen LogP contribution in [0.15, 0.2) is 97.1 Å². The van der Waals surface area contributed by atoms with E-state index in [2.05, 4.69) is 111 Å². The van der Waals surface area contributed by atoms with Crippen molar-refractivity contribution in [1.29, 1.82) is 0 Å². The third-order valence-electron chi connectivity index (χ3n) is 14.8. The van der Waals surface area contributed by atoms with Gasteiger partial charge in [0.05, 0.1) is 26.4 Å². The van der Waals surface area contributed by atoms with E-state index in [0.29, 0.717) is 31.7 Å². The number of ether oxygens (including phenoxy) is 8. The van der Waals surface area contributed by atoms with Crippen molar-refractivity contribution in [3.63, 3.8) is 0 Å². The minimum atomic E-state index is -0.119. The van der Waals surface area contributed by atoms with Gasteiger partial charge in [0.25, 0.3) is 0 Å². The average molecular weight is 801 g/mol. The van der Waals surface area contributed by atoms with E-state index in [-0.39, 0.29) is 40.8 Å². The molecule has 4 heterocycles. The van der Waals surface area contributed by atoms with Crippen LogP contribution in [0.4, 0.5) is 0 Å². The van der Waals surface area contributed by atoms with Crippen molar-refractivity contribution in [1.82, 2.24) is 0 Å². The molecule has 4 saturated heterocycles. The van der Waals surface area contributed by atoms with Crippen molar-refractivity contribution in [2.75, 3.05) is 46.2 Å². The van der Waals surface area contributed by atoms with Crippen molar-refractivity contribution < 1.29 is 37.9 Å². The normalized spacial score (nSPS) is 31.1. The molecule has 0 N–H and O–H groups in total. The van der Waals surface area contributed by atoms with Crippen LogP contribution in [0.2, 0.25) is 0 Å². The van der Waals surface area contributed by atoms with Crippen LogP contribution in [0.1, 0.15) is 93.9 Å². The lowest BCUT2D eigenvalue weighted by Crippen LogP contribution is -2.43. The minimum absolute atomic E-state index is 0.0627. The summed E-state index contributed by atoms with van der Waals surface area (Å²) in [6.45, 7) is 10.2. The second-order valence-corrected chi connectivity index (χ2v) is 18.6. The molecule has 4 aromatic rings. The summed E-state index contributed by atoms with van der Waals surface area (Å²) < 4.78 is 45.9. The van der Waals surface area contributed by atoms with Gasteiger partial charge < -0.3 is 37.9 Å². The standard InChI is InChI=1S/C51H60O8/c1-49(2,35-19-24-50(25-20-35,37-3-11-41(12-4-37)53-29-45-32-56-45)38-5-13-42(14-6-38)54-30-46-33-57-46)36-21-26-51(27-22-36,39-7-15-43(16-8-39)55-31-47-34-58-47)40-9-17-44(18-10-40)59-48-23-28-52-48/h3-18,35-36,45-48H,19-34H2,1-2H3. The van der Waals surface area contributed by atoms with E-state index < -0.39 is 0 Å². The Morgan fingerprint density at radius 2 is 0.763 bits per heavy atom. The van der Waals surface area contributed by atoms with Gasteiger partial charge in [-0.05, 0) is 139 Å². The van der Waals surface area contributed by atoms with E-state index in [4.69, 9.17) is 37.9 Å². The summed E-state index contributed by atoms with van der Waals surface area (Å²) in [5.74, 6) is 4.90. The molecule has 0 aromatic heterocycles. The Morgan fingerprint density at radius 1 is 0.458 bits per heavy atom. The van der Waals surface area contributed by atoms with Gasteiger partial charge >= 0.3 is 0 Å². The van der Waals surface area contributed by atoms with Crippen molar-refractivity contribution in [3.05, 3.63) is 119 Å². The highest BCUT2D eigenvalue weighted by Crippen LogP contribution is 2.57. The molecule has 4 atom stereocenters. The van der Waals surface area contributed by atoms with Crippen molar-refractivity contribution in [3.8, 4) is 23.0 Å². The molecule has 8 nitrogen and oxygen atoms in total. The summed E-state index contributed by atoms with van der Waals surface area (Å²) >= 11 is 0. The van der Waals surface area contributed by atoms with Gasteiger partial charge in [0.2, 0.25) is 6.29 Å². The quantitative estimate of drug-likeness (QED) is 0.0977. The number of rotatable bonds is 17. The monoisotopic (exact) mass is 800 g/mol. The lowest BCUT2D eigenvalue weighted by molar-refractivity contribution is -0.165. The van der Waals surface area contributed by atoms with Gasteiger partial charge in [-0.2, -0.15) is 0 Å². The SMILES string of the molecule is CC(C)(C1CCC(c2ccc(OCC3CO3)cc2)(c2ccc(OCC3CO3)cc2)CC1)C1CCC(c2ccc(OCC3CO3)cc2)(c2ccc(OC3CCO3)cc2)CC1. The van der Waals surface area contributed by atoms with Gasteiger partial charge in [0.15, 0.2) is 0 Å². The maximum atomic E-state index is 6.08. The molecular weight excluding hydrogens is 741 g/mol. The first-order chi connectivity index (χ1) is 28.8. The first-order valence-electron chi connectivity index (χ1n) is 22.3. The molecule has 10 rings (SSSR count). The van der Waals surface area contributed by atoms with E-state index in [0.717, 1.165) is 81.5 Å². The third kappa shape index (κ3) is 8.61. The predicted molar refractivity (Wildman–Crippen MR) is 226 cm³/mol. The highest BCUT2D eigenvalue weighted by Gasteiger charge is 2.48. The van der Waals surface area contributed by atoms with Gasteiger partial charge in [0.1, 0.15) is 61.1 Å². The van der Waals surface area contributed by atoms with Crippen molar-refractivity contribution >= 4 is 0 Å². The van der Waals surface area contributed by atoms with Crippen LogP contribution >= 0.6 is 0 Å². The number of hydrogen-bond donors (Lipinski definition) is 0. The van der Waals surface area contributed by atoms with Gasteiger partial charge in [0, 0.05) is 17.3 Å². The minimum Gasteiger partial charge on any atom is -0.491 e. The zero-order valence-electron chi connectivity index (χ0n) is 34.8. The summed E-state index contributed by atoms with van der Waals surface area (Å²) in [5.41, 5.74) is 5.57. The zero-order chi connectivity index (χ0) is 39.9. The highest BCUT2D eigenvalue weighted by atomic mass is 16.7. The molecule has 2 aliphatic carbocycles. The molecule has 4 unspecified atom stereocenters. The molecule has 6 fully saturated rings. The van der Waals surface area contributed by atoms with Crippen LogP contribution in [0, 0.1) is 17.3 Å². The fraction of sp³-hybridized carbons (Fsp3) is 0.529. The average Bonchev–Trinajstić information content (AvgIpc) is 4.11. The van der Waals surface area contributed by atoms with Crippen LogP contribution in [0.3, 0.4) is 0 Å². The van der Waals surface area contributed by atoms with Gasteiger partial charge in [-0.25, -0.2) is 0 Å². The molecule has 312 valence electrons. The molecular formula is C51H60O8. The summed E-state index contributed by atoms with van der Waals surface area (Å²) in [4.78, 5) is 0. The lowest BCUT2D eigenvalue weighted by Gasteiger charge is -2.51. The molecule has 59 heavy (non-hydrogen) atoms. The Kier molecular flexibility index (Phi) is 10.9. The Bertz CT molecular complexity index is 1920. The molecule has 4 aliphatic heterocycles. The molecule has 0 radical (unpaired) electrons. The third-order valence-corrected chi connectivity index (χ3v) is 14.8. The van der Waals surface area contributed by atoms with Gasteiger partial charge in [-0.15, -0.1) is 0 Å². The Hall–Kier alpha value is -4.08. The van der Waals surface area contributed by atoms with E-state index >= 15 is 0 Å². The van der Waals surface area contributed by atoms with E-state index in [1.54, 1.807) is 0 Å². The Balaban J connectivity index is 0.854. The van der Waals surface area contributed by atoms with Gasteiger partial charge in [-0.3, -0.25) is 0 Å². The van der Waals surface area contributed by atoms with E-state index in [1.807, 2.05) is 0 Å². The first-order valence-corrected chi connectivity index (χ1v) is 22.3. The second kappa shape index (κ2) is 16.4. The highest BCUT2D eigenvalue weighted by molar-refractivity contribution is 5.46. The van der Waals surface area contributed by atoms with Crippen LogP contribution in [-0.4, -0.2) is 70.9 Å². The molecule has 8 heteroatoms. The molecule has 2 saturated carbocycles.